The summed E-state index contributed by atoms with van der Waals surface area (Å²) in [5, 5.41) is 1.69. The van der Waals surface area contributed by atoms with Crippen molar-refractivity contribution in [1.82, 2.24) is 10.4 Å². The van der Waals surface area contributed by atoms with Crippen LogP contribution in [-0.2, 0) is 0 Å². The second-order valence-electron chi connectivity index (χ2n) is 3.11. The molecular weight excluding hydrogens is 183 g/mol. The molecule has 0 saturated carbocycles. The van der Waals surface area contributed by atoms with E-state index in [-0.39, 0.29) is 0 Å². The fourth-order valence-corrected chi connectivity index (χ4v) is 1.41. The average molecular weight is 191 g/mol. The molecule has 72 valence electrons. The van der Waals surface area contributed by atoms with E-state index < -0.39 is 11.9 Å². The lowest BCUT2D eigenvalue weighted by atomic mass is 10.1. The summed E-state index contributed by atoms with van der Waals surface area (Å²) in [5.74, 6) is 0.292. The molecule has 1 N–H and O–H groups in total. The molecule has 0 aromatic carbocycles. The number of rotatable bonds is 0. The van der Waals surface area contributed by atoms with Gasteiger partial charge in [0.15, 0.2) is 0 Å². The monoisotopic (exact) mass is 191 g/mol. The van der Waals surface area contributed by atoms with Crippen LogP contribution >= 0.6 is 0 Å². The largest absolute Gasteiger partial charge is 0.433 e. The summed E-state index contributed by atoms with van der Waals surface area (Å²) >= 11 is 0. The van der Waals surface area contributed by atoms with Gasteiger partial charge in [-0.3, -0.25) is 0 Å². The van der Waals surface area contributed by atoms with Crippen molar-refractivity contribution in [1.29, 1.82) is 0 Å². The second-order valence-corrected chi connectivity index (χ2v) is 3.11. The van der Waals surface area contributed by atoms with E-state index in [1.165, 1.54) is 6.92 Å². The minimum atomic E-state index is -4.32. The zero-order chi connectivity index (χ0) is 9.64. The van der Waals surface area contributed by atoms with Crippen LogP contribution < -0.4 is 5.43 Å². The first-order valence-corrected chi connectivity index (χ1v) is 3.83. The number of allylic oxidation sites excluding steroid dienone is 1. The Morgan fingerprint density at radius 1 is 1.38 bits per heavy atom. The molecular formula is C7H8F3N3. The summed E-state index contributed by atoms with van der Waals surface area (Å²) in [4.78, 5) is 3.49. The molecule has 0 amide bonds. The molecule has 0 aliphatic carbocycles. The first-order valence-electron chi connectivity index (χ1n) is 3.83. The summed E-state index contributed by atoms with van der Waals surface area (Å²) < 4.78 is 37.1. The highest BCUT2D eigenvalue weighted by molar-refractivity contribution is 5.81. The summed E-state index contributed by atoms with van der Waals surface area (Å²) in [7, 11) is 0. The summed E-state index contributed by atoms with van der Waals surface area (Å²) in [6.45, 7) is 2.15. The van der Waals surface area contributed by atoms with Crippen molar-refractivity contribution in [2.75, 3.05) is 13.1 Å². The minimum Gasteiger partial charge on any atom is -0.306 e. The number of aliphatic imine (C=N–C) groups is 1. The van der Waals surface area contributed by atoms with Crippen molar-refractivity contribution >= 4 is 5.84 Å². The standard InChI is InChI=1S/C7H8F3N3/c1-4-11-6(7(8,9)10)5-2-13(3-5)12-4/h2-3H2,1H3,(H,11,12). The van der Waals surface area contributed by atoms with Crippen molar-refractivity contribution in [2.24, 2.45) is 4.99 Å². The van der Waals surface area contributed by atoms with Crippen molar-refractivity contribution in [3.8, 4) is 0 Å². The first kappa shape index (κ1) is 8.55. The Morgan fingerprint density at radius 3 is 2.54 bits per heavy atom. The Hall–Kier alpha value is -1.04. The number of hydrazine groups is 1. The third-order valence-corrected chi connectivity index (χ3v) is 1.97. The molecule has 13 heavy (non-hydrogen) atoms. The smallest absolute Gasteiger partial charge is 0.306 e. The fourth-order valence-electron chi connectivity index (χ4n) is 1.41. The van der Waals surface area contributed by atoms with Crippen molar-refractivity contribution in [3.63, 3.8) is 0 Å². The van der Waals surface area contributed by atoms with Crippen LogP contribution in [0.15, 0.2) is 16.3 Å². The van der Waals surface area contributed by atoms with Crippen molar-refractivity contribution in [3.05, 3.63) is 11.3 Å². The molecule has 3 nitrogen and oxygen atoms in total. The first-order chi connectivity index (χ1) is 5.97. The van der Waals surface area contributed by atoms with Crippen molar-refractivity contribution < 1.29 is 13.2 Å². The summed E-state index contributed by atoms with van der Waals surface area (Å²) in [6.07, 6.45) is -4.32. The molecule has 0 radical (unpaired) electrons. The number of hydrogen-bond donors (Lipinski definition) is 1. The molecule has 0 aromatic rings. The van der Waals surface area contributed by atoms with Gasteiger partial charge >= 0.3 is 6.18 Å². The Balaban J connectivity index is 2.37. The van der Waals surface area contributed by atoms with Crippen LogP contribution in [0.1, 0.15) is 6.92 Å². The van der Waals surface area contributed by atoms with Crippen LogP contribution in [0.25, 0.3) is 0 Å². The molecule has 0 aromatic heterocycles. The number of nitrogens with one attached hydrogen (secondary N) is 1. The van der Waals surface area contributed by atoms with Gasteiger partial charge in [-0.1, -0.05) is 0 Å². The van der Waals surface area contributed by atoms with Crippen LogP contribution in [-0.4, -0.2) is 30.1 Å². The Kier molecular flexibility index (Phi) is 1.63. The average Bonchev–Trinajstić information content (AvgIpc) is 2.11. The predicted octanol–water partition coefficient (Wildman–Crippen LogP) is 1.06. The molecule has 3 aliphatic rings. The van der Waals surface area contributed by atoms with Gasteiger partial charge in [-0.25, -0.2) is 10.0 Å². The highest BCUT2D eigenvalue weighted by Gasteiger charge is 2.41. The third-order valence-electron chi connectivity index (χ3n) is 1.97. The van der Waals surface area contributed by atoms with Crippen LogP contribution in [0.3, 0.4) is 0 Å². The van der Waals surface area contributed by atoms with Crippen LogP contribution in [0.5, 0.6) is 0 Å². The lowest BCUT2D eigenvalue weighted by Crippen LogP contribution is -2.50. The molecule has 2 bridgehead atoms. The molecule has 0 spiro atoms. The van der Waals surface area contributed by atoms with Crippen LogP contribution in [0.4, 0.5) is 13.2 Å². The fraction of sp³-hybridized carbons (Fsp3) is 0.571. The Morgan fingerprint density at radius 2 is 2.00 bits per heavy atom. The normalized spacial score (nSPS) is 23.2. The molecule has 0 unspecified atom stereocenters. The van der Waals surface area contributed by atoms with Gasteiger partial charge in [-0.15, -0.1) is 0 Å². The maximum atomic E-state index is 12.4. The van der Waals surface area contributed by atoms with Gasteiger partial charge in [0.25, 0.3) is 0 Å². The van der Waals surface area contributed by atoms with E-state index in [0.29, 0.717) is 24.5 Å². The minimum absolute atomic E-state index is 0.292. The maximum absolute atomic E-state index is 12.4. The lowest BCUT2D eigenvalue weighted by molar-refractivity contribution is -0.0941. The Bertz CT molecular complexity index is 295. The highest BCUT2D eigenvalue weighted by Crippen LogP contribution is 2.33. The number of fused-ring (bicyclic) bond motifs is 2. The number of halogens is 3. The molecule has 1 saturated heterocycles. The molecule has 3 rings (SSSR count). The SMILES string of the molecule is CC1=NC(C(F)(F)F)=C2CN(C2)N1. The number of alkyl halides is 3. The molecule has 3 heterocycles. The van der Waals surface area contributed by atoms with Gasteiger partial charge in [0.05, 0.1) is 0 Å². The number of nitrogens with zero attached hydrogens (tertiary/aromatic N) is 2. The zero-order valence-electron chi connectivity index (χ0n) is 6.94. The maximum Gasteiger partial charge on any atom is 0.433 e. The third kappa shape index (κ3) is 1.41. The van der Waals surface area contributed by atoms with E-state index in [4.69, 9.17) is 0 Å². The van der Waals surface area contributed by atoms with E-state index in [1.807, 2.05) is 0 Å². The summed E-state index contributed by atoms with van der Waals surface area (Å²) in [5.41, 5.74) is 2.38. The van der Waals surface area contributed by atoms with E-state index >= 15 is 0 Å². The van der Waals surface area contributed by atoms with Gasteiger partial charge in [-0.05, 0) is 12.5 Å². The van der Waals surface area contributed by atoms with Gasteiger partial charge in [-0.2, -0.15) is 13.2 Å². The molecule has 0 atom stereocenters. The van der Waals surface area contributed by atoms with E-state index in [1.54, 1.807) is 5.01 Å². The number of amidine groups is 1. The number of hydrogen-bond acceptors (Lipinski definition) is 3. The highest BCUT2D eigenvalue weighted by atomic mass is 19.4. The lowest BCUT2D eigenvalue weighted by Gasteiger charge is -2.32. The van der Waals surface area contributed by atoms with Gasteiger partial charge < -0.3 is 5.43 Å². The van der Waals surface area contributed by atoms with Gasteiger partial charge in [0.2, 0.25) is 0 Å². The summed E-state index contributed by atoms with van der Waals surface area (Å²) in [6, 6.07) is 0. The van der Waals surface area contributed by atoms with Crippen LogP contribution in [0.2, 0.25) is 0 Å². The van der Waals surface area contributed by atoms with E-state index in [0.717, 1.165) is 0 Å². The topological polar surface area (TPSA) is 27.6 Å². The van der Waals surface area contributed by atoms with E-state index in [9.17, 15) is 13.2 Å². The molecule has 1 fully saturated rings. The quantitative estimate of drug-likeness (QED) is 0.619. The zero-order valence-corrected chi connectivity index (χ0v) is 6.94. The molecule has 6 heteroatoms. The van der Waals surface area contributed by atoms with Crippen LogP contribution in [0, 0.1) is 0 Å². The predicted molar refractivity (Wildman–Crippen MR) is 40.9 cm³/mol. The Labute approximate surface area is 72.9 Å². The molecule has 3 aliphatic heterocycles. The van der Waals surface area contributed by atoms with E-state index in [2.05, 4.69) is 10.4 Å². The van der Waals surface area contributed by atoms with Gasteiger partial charge in [0, 0.05) is 13.1 Å². The van der Waals surface area contributed by atoms with Gasteiger partial charge in [0.1, 0.15) is 11.5 Å². The second kappa shape index (κ2) is 2.47. The van der Waals surface area contributed by atoms with Crippen molar-refractivity contribution in [2.45, 2.75) is 13.1 Å².